The van der Waals surface area contributed by atoms with Crippen molar-refractivity contribution in [3.63, 3.8) is 0 Å². The Morgan fingerprint density at radius 2 is 0.730 bits per heavy atom. The SMILES string of the molecule is Cc1cc(N2CCCOCC2c2cc(O)ccc2Cl)nc(N)n1.Cc1cc(N2CCCOC[C@@H]2c2cc(O)ccc2Cl)nc(N)n1.Cc1cc(N2CCCOC[C@H]2c2cc(O)ccc2Cl)nc(N)n1.O=CN1CCCOC=C1Cl.O=CN1CCCOC=C1c1cc(O)ccc1Cl.Oc1ccc(Cl)c(C2CCCCOC2)c1. The van der Waals surface area contributed by atoms with E-state index < -0.39 is 0 Å². The molecular weight excluding hydrogens is 1550 g/mol. The van der Waals surface area contributed by atoms with E-state index in [4.69, 9.17) is 115 Å². The van der Waals surface area contributed by atoms with Crippen molar-refractivity contribution >= 4 is 123 Å². The second kappa shape index (κ2) is 43.0. The number of aromatic nitrogens is 6. The lowest BCUT2D eigenvalue weighted by molar-refractivity contribution is -0.116. The topological polar surface area (TPSA) is 362 Å². The van der Waals surface area contributed by atoms with Crippen LogP contribution in [0.25, 0.3) is 5.70 Å². The Morgan fingerprint density at radius 1 is 0.387 bits per heavy atom. The predicted molar refractivity (Wildman–Crippen MR) is 432 cm³/mol. The van der Waals surface area contributed by atoms with Gasteiger partial charge in [0.05, 0.1) is 68.5 Å². The second-order valence-electron chi connectivity index (χ2n) is 26.3. The standard InChI is InChI=1S/3C16H19ClN4O2.C12H12ClNO3.C12H15ClO2.C6H8ClNO2/c3*1-10-7-15(20-16(18)19-10)21-5-2-6-23-9-14(21)12-8-11(22)3-4-13(12)17;13-11-3-2-9(16)6-10(11)12-7-17-5-1-4-14(12)8-15;13-12-5-4-10(14)7-11(12)9-3-1-2-6-15-8-9;7-6-4-10-3-1-2-8(6)5-9/h3*3-4,7-8,14,22H,2,5-6,9H2,1H3,(H2,18,19,20);2-3,6-8,16H,1,4-5H2;4-5,7,9,14H,1-3,6,8H2;4-5H,1-3H2/t2*14-;;;;/m10..../s1. The molecule has 11 N–H and O–H groups in total. The lowest BCUT2D eigenvalue weighted by atomic mass is 9.95. The Kier molecular flexibility index (Phi) is 33.2. The maximum absolute atomic E-state index is 11.0. The van der Waals surface area contributed by atoms with Gasteiger partial charge in [0.2, 0.25) is 30.7 Å². The van der Waals surface area contributed by atoms with Gasteiger partial charge in [0.1, 0.15) is 63.9 Å². The zero-order chi connectivity index (χ0) is 79.5. The fraction of sp³-hybridized carbons (Fsp3) is 0.385. The van der Waals surface area contributed by atoms with Gasteiger partial charge in [-0.1, -0.05) is 76.0 Å². The molecular formula is C78H92Cl6N14O13. The van der Waals surface area contributed by atoms with Crippen LogP contribution in [0.15, 0.2) is 127 Å². The van der Waals surface area contributed by atoms with Gasteiger partial charge in [-0.2, -0.15) is 15.0 Å². The summed E-state index contributed by atoms with van der Waals surface area (Å²) in [5, 5.41) is 51.7. The van der Waals surface area contributed by atoms with E-state index in [1.807, 2.05) is 39.0 Å². The largest absolute Gasteiger partial charge is 0.508 e. The number of phenolic OH excluding ortho intramolecular Hbond substituents is 5. The minimum Gasteiger partial charge on any atom is -0.508 e. The zero-order valence-corrected chi connectivity index (χ0v) is 66.2. The Hall–Kier alpha value is -9.26. The number of nitrogens with zero attached hydrogens (tertiary/aromatic N) is 11. The van der Waals surface area contributed by atoms with E-state index in [0.717, 1.165) is 146 Å². The van der Waals surface area contributed by atoms with Crippen LogP contribution in [-0.2, 0) is 38.0 Å². The number of aromatic hydroxyl groups is 5. The minimum atomic E-state index is -0.147. The molecule has 0 spiro atoms. The Labute approximate surface area is 675 Å². The molecule has 27 nitrogen and oxygen atoms in total. The van der Waals surface area contributed by atoms with E-state index in [2.05, 4.69) is 44.6 Å². The molecule has 6 aliphatic heterocycles. The van der Waals surface area contributed by atoms with E-state index in [-0.39, 0.29) is 64.7 Å². The molecule has 4 atom stereocenters. The van der Waals surface area contributed by atoms with E-state index >= 15 is 0 Å². The van der Waals surface area contributed by atoms with Gasteiger partial charge in [0.15, 0.2) is 0 Å². The van der Waals surface area contributed by atoms with Crippen LogP contribution in [0.4, 0.5) is 35.3 Å². The van der Waals surface area contributed by atoms with Crippen molar-refractivity contribution < 1.29 is 63.5 Å². The molecule has 5 aromatic carbocycles. The number of carbonyl (C=O) groups is 2. The highest BCUT2D eigenvalue weighted by Crippen LogP contribution is 2.40. The number of halogens is 6. The summed E-state index contributed by atoms with van der Waals surface area (Å²) in [7, 11) is 0. The molecule has 0 radical (unpaired) electrons. The van der Waals surface area contributed by atoms with Crippen molar-refractivity contribution in [1.82, 2.24) is 39.7 Å². The minimum absolute atomic E-state index is 0.0976. The fourth-order valence-electron chi connectivity index (χ4n) is 12.9. The number of nitrogen functional groups attached to an aromatic ring is 3. The first-order valence-corrected chi connectivity index (χ1v) is 38.3. The molecule has 0 bridgehead atoms. The lowest BCUT2D eigenvalue weighted by Gasteiger charge is -2.31. The van der Waals surface area contributed by atoms with E-state index in [0.29, 0.717) is 121 Å². The van der Waals surface area contributed by atoms with Crippen molar-refractivity contribution in [2.75, 3.05) is 131 Å². The molecule has 0 aliphatic carbocycles. The van der Waals surface area contributed by atoms with E-state index in [1.165, 1.54) is 34.5 Å². The van der Waals surface area contributed by atoms with Crippen LogP contribution < -0.4 is 31.9 Å². The highest BCUT2D eigenvalue weighted by molar-refractivity contribution is 6.33. The average molecular weight is 1650 g/mol. The third kappa shape index (κ3) is 25.4. The molecule has 111 heavy (non-hydrogen) atoms. The number of hydrogen-bond donors (Lipinski definition) is 8. The van der Waals surface area contributed by atoms with Crippen LogP contribution >= 0.6 is 69.6 Å². The second-order valence-corrected chi connectivity index (χ2v) is 28.8. The van der Waals surface area contributed by atoms with Crippen molar-refractivity contribution in [1.29, 1.82) is 0 Å². The Morgan fingerprint density at radius 3 is 1.14 bits per heavy atom. The first kappa shape index (κ1) is 85.7. The number of rotatable bonds is 10. The van der Waals surface area contributed by atoms with Crippen LogP contribution in [0.1, 0.15) is 120 Å². The van der Waals surface area contributed by atoms with Crippen molar-refractivity contribution in [2.24, 2.45) is 0 Å². The number of ether oxygens (including phenoxy) is 6. The van der Waals surface area contributed by atoms with Gasteiger partial charge in [-0.05, 0) is 179 Å². The molecule has 14 rings (SSSR count). The summed E-state index contributed by atoms with van der Waals surface area (Å²) in [5.74, 6) is 4.17. The monoisotopic (exact) mass is 1640 g/mol. The summed E-state index contributed by atoms with van der Waals surface area (Å²) in [4.78, 5) is 56.0. The molecule has 2 amide bonds. The van der Waals surface area contributed by atoms with Gasteiger partial charge in [0, 0.05) is 126 Å². The van der Waals surface area contributed by atoms with Crippen LogP contribution in [0.2, 0.25) is 25.1 Å². The summed E-state index contributed by atoms with van der Waals surface area (Å²) < 4.78 is 32.9. The van der Waals surface area contributed by atoms with Crippen LogP contribution in [0.5, 0.6) is 28.7 Å². The number of nitrogens with two attached hydrogens (primary N) is 3. The third-order valence-electron chi connectivity index (χ3n) is 18.1. The van der Waals surface area contributed by atoms with Gasteiger partial charge in [-0.15, -0.1) is 0 Å². The normalized spacial score (nSPS) is 18.8. The number of anilines is 6. The third-order valence-corrected chi connectivity index (χ3v) is 20.1. The number of carbonyl (C=O) groups excluding carboxylic acids is 2. The Balaban J connectivity index is 0.000000156. The first-order chi connectivity index (χ1) is 53.5. The lowest BCUT2D eigenvalue weighted by Crippen LogP contribution is -2.32. The molecule has 8 aromatic rings. The maximum Gasteiger partial charge on any atom is 0.222 e. The Bertz CT molecular complexity index is 4110. The molecule has 3 aromatic heterocycles. The highest BCUT2D eigenvalue weighted by Gasteiger charge is 2.31. The number of phenols is 5. The predicted octanol–water partition coefficient (Wildman–Crippen LogP) is 14.5. The molecule has 9 heterocycles. The quantitative estimate of drug-likeness (QED) is 0.0466. The summed E-state index contributed by atoms with van der Waals surface area (Å²) >= 11 is 36.8. The first-order valence-electron chi connectivity index (χ1n) is 36.1. The fourth-order valence-corrected chi connectivity index (χ4v) is 14.3. The number of amides is 2. The number of aryl methyl sites for hydroxylation is 3. The summed E-state index contributed by atoms with van der Waals surface area (Å²) in [6, 6.07) is 29.7. The van der Waals surface area contributed by atoms with Crippen molar-refractivity contribution in [3.8, 4) is 28.7 Å². The van der Waals surface area contributed by atoms with E-state index in [9.17, 15) is 35.1 Å². The van der Waals surface area contributed by atoms with Gasteiger partial charge < -0.3 is 95.7 Å². The van der Waals surface area contributed by atoms with Crippen molar-refractivity contribution in [2.45, 2.75) is 96.2 Å². The van der Waals surface area contributed by atoms with Gasteiger partial charge in [-0.25, -0.2) is 15.0 Å². The van der Waals surface area contributed by atoms with Crippen LogP contribution in [0, 0.1) is 20.8 Å². The van der Waals surface area contributed by atoms with Gasteiger partial charge in [-0.3, -0.25) is 9.59 Å². The average Bonchev–Trinajstić information content (AvgIpc) is 1.64. The van der Waals surface area contributed by atoms with Crippen molar-refractivity contribution in [3.05, 3.63) is 197 Å². The van der Waals surface area contributed by atoms with E-state index in [1.54, 1.807) is 78.9 Å². The summed E-state index contributed by atoms with van der Waals surface area (Å²) in [6.45, 7) is 15.3. The molecule has 4 fully saturated rings. The molecule has 594 valence electrons. The van der Waals surface area contributed by atoms with Crippen LogP contribution in [0.3, 0.4) is 0 Å². The molecule has 6 aliphatic rings. The smallest absolute Gasteiger partial charge is 0.222 e. The van der Waals surface area contributed by atoms with Gasteiger partial charge >= 0.3 is 0 Å². The molecule has 4 saturated heterocycles. The molecule has 33 heteroatoms. The van der Waals surface area contributed by atoms with Gasteiger partial charge in [0.25, 0.3) is 0 Å². The zero-order valence-electron chi connectivity index (χ0n) is 61.7. The maximum atomic E-state index is 11.0. The number of hydrogen-bond acceptors (Lipinski definition) is 25. The molecule has 0 saturated carbocycles. The number of benzene rings is 5. The highest BCUT2D eigenvalue weighted by atomic mass is 35.5. The summed E-state index contributed by atoms with van der Waals surface area (Å²) in [5.41, 5.74) is 24.4. The summed E-state index contributed by atoms with van der Waals surface area (Å²) in [6.07, 6.45) is 11.9. The van der Waals surface area contributed by atoms with Crippen LogP contribution in [-0.4, -0.2) is 177 Å². The molecule has 2 unspecified atom stereocenters.